The van der Waals surface area contributed by atoms with Crippen LogP contribution in [0.15, 0.2) is 42.5 Å². The SMILES string of the molecule is Cc1ccc(N(CCCC(=O)Nc2cccc(C(N)=O)c2)S(C)(=O)=O)cc1C. The predicted octanol–water partition coefficient (Wildman–Crippen LogP) is 2.59. The molecule has 0 bridgehead atoms. The summed E-state index contributed by atoms with van der Waals surface area (Å²) in [5.74, 6) is -0.844. The Hall–Kier alpha value is -2.87. The number of anilines is 2. The van der Waals surface area contributed by atoms with Crippen LogP contribution in [0.1, 0.15) is 34.3 Å². The van der Waals surface area contributed by atoms with Gasteiger partial charge in [-0.25, -0.2) is 8.42 Å². The van der Waals surface area contributed by atoms with Gasteiger partial charge in [0.1, 0.15) is 0 Å². The molecule has 2 rings (SSSR count). The number of hydrogen-bond donors (Lipinski definition) is 2. The number of benzene rings is 2. The van der Waals surface area contributed by atoms with Gasteiger partial charge in [-0.05, 0) is 61.7 Å². The molecule has 0 saturated carbocycles. The van der Waals surface area contributed by atoms with Crippen LogP contribution in [-0.4, -0.2) is 33.0 Å². The van der Waals surface area contributed by atoms with E-state index in [0.717, 1.165) is 17.4 Å². The molecule has 0 aromatic heterocycles. The van der Waals surface area contributed by atoms with Gasteiger partial charge in [0, 0.05) is 24.2 Å². The Bertz CT molecular complexity index is 987. The lowest BCUT2D eigenvalue weighted by atomic mass is 10.1. The summed E-state index contributed by atoms with van der Waals surface area (Å²) in [5, 5.41) is 2.69. The van der Waals surface area contributed by atoms with Crippen molar-refractivity contribution in [3.05, 3.63) is 59.2 Å². The number of primary amides is 1. The molecule has 3 N–H and O–H groups in total. The molecule has 0 aliphatic rings. The summed E-state index contributed by atoms with van der Waals surface area (Å²) in [7, 11) is -3.47. The lowest BCUT2D eigenvalue weighted by molar-refractivity contribution is -0.116. The van der Waals surface area contributed by atoms with Crippen molar-refractivity contribution >= 4 is 33.2 Å². The fourth-order valence-electron chi connectivity index (χ4n) is 2.72. The van der Waals surface area contributed by atoms with Gasteiger partial charge in [0.2, 0.25) is 21.8 Å². The summed E-state index contributed by atoms with van der Waals surface area (Å²) in [5.41, 5.74) is 8.66. The molecule has 0 heterocycles. The maximum absolute atomic E-state index is 12.2. The molecule has 0 spiro atoms. The van der Waals surface area contributed by atoms with Crippen molar-refractivity contribution in [2.75, 3.05) is 22.4 Å². The molecule has 0 aliphatic carbocycles. The fraction of sp³-hybridized carbons (Fsp3) is 0.300. The topological polar surface area (TPSA) is 110 Å². The lowest BCUT2D eigenvalue weighted by Crippen LogP contribution is -2.31. The van der Waals surface area contributed by atoms with Crippen molar-refractivity contribution in [3.8, 4) is 0 Å². The Morgan fingerprint density at radius 3 is 2.39 bits per heavy atom. The molecule has 0 aliphatic heterocycles. The molecule has 8 heteroatoms. The smallest absolute Gasteiger partial charge is 0.248 e. The predicted molar refractivity (Wildman–Crippen MR) is 111 cm³/mol. The number of amides is 2. The van der Waals surface area contributed by atoms with E-state index < -0.39 is 15.9 Å². The lowest BCUT2D eigenvalue weighted by Gasteiger charge is -2.23. The molecule has 2 amide bonds. The second kappa shape index (κ2) is 8.88. The number of aryl methyl sites for hydroxylation is 2. The number of nitrogens with two attached hydrogens (primary N) is 1. The minimum atomic E-state index is -3.47. The fourth-order valence-corrected chi connectivity index (χ4v) is 3.68. The second-order valence-electron chi connectivity index (χ2n) is 6.70. The standard InChI is InChI=1S/C20H25N3O4S/c1-14-9-10-18(12-15(14)2)23(28(3,26)27)11-5-8-19(24)22-17-7-4-6-16(13-17)20(21)25/h4,6-7,9-10,12-13H,5,8,11H2,1-3H3,(H2,21,25)(H,22,24). The highest BCUT2D eigenvalue weighted by Gasteiger charge is 2.18. The minimum absolute atomic E-state index is 0.137. The molecule has 28 heavy (non-hydrogen) atoms. The first-order valence-electron chi connectivity index (χ1n) is 8.82. The van der Waals surface area contributed by atoms with Crippen LogP contribution in [0, 0.1) is 13.8 Å². The Kier molecular flexibility index (Phi) is 6.80. The summed E-state index contributed by atoms with van der Waals surface area (Å²) in [6.07, 6.45) is 1.64. The van der Waals surface area contributed by atoms with Crippen molar-refractivity contribution in [1.82, 2.24) is 0 Å². The summed E-state index contributed by atoms with van der Waals surface area (Å²) in [6.45, 7) is 4.07. The minimum Gasteiger partial charge on any atom is -0.366 e. The van der Waals surface area contributed by atoms with Crippen LogP contribution < -0.4 is 15.4 Å². The van der Waals surface area contributed by atoms with Gasteiger partial charge < -0.3 is 11.1 Å². The van der Waals surface area contributed by atoms with Gasteiger partial charge in [-0.3, -0.25) is 13.9 Å². The Morgan fingerprint density at radius 1 is 1.07 bits per heavy atom. The van der Waals surface area contributed by atoms with Gasteiger partial charge in [-0.2, -0.15) is 0 Å². The molecule has 2 aromatic carbocycles. The number of carbonyl (C=O) groups is 2. The Morgan fingerprint density at radius 2 is 1.79 bits per heavy atom. The monoisotopic (exact) mass is 403 g/mol. The third-order valence-corrected chi connectivity index (χ3v) is 5.57. The van der Waals surface area contributed by atoms with Crippen LogP contribution in [0.5, 0.6) is 0 Å². The van der Waals surface area contributed by atoms with Crippen molar-refractivity contribution in [1.29, 1.82) is 0 Å². The average molecular weight is 404 g/mol. The summed E-state index contributed by atoms with van der Waals surface area (Å²) in [4.78, 5) is 23.4. The molecular formula is C20H25N3O4S. The van der Waals surface area contributed by atoms with Crippen LogP contribution in [0.3, 0.4) is 0 Å². The third kappa shape index (κ3) is 5.82. The first-order valence-corrected chi connectivity index (χ1v) is 10.7. The molecule has 0 atom stereocenters. The highest BCUT2D eigenvalue weighted by atomic mass is 32.2. The van der Waals surface area contributed by atoms with Crippen LogP contribution in [-0.2, 0) is 14.8 Å². The van der Waals surface area contributed by atoms with Crippen molar-refractivity contribution in [2.45, 2.75) is 26.7 Å². The quantitative estimate of drug-likeness (QED) is 0.706. The summed E-state index contributed by atoms with van der Waals surface area (Å²) in [6, 6.07) is 11.8. The van der Waals surface area contributed by atoms with Crippen LogP contribution >= 0.6 is 0 Å². The highest BCUT2D eigenvalue weighted by molar-refractivity contribution is 7.92. The zero-order valence-corrected chi connectivity index (χ0v) is 17.0. The van der Waals surface area contributed by atoms with Gasteiger partial charge in [0.05, 0.1) is 11.9 Å². The van der Waals surface area contributed by atoms with E-state index in [0.29, 0.717) is 23.4 Å². The van der Waals surface area contributed by atoms with Crippen LogP contribution in [0.4, 0.5) is 11.4 Å². The zero-order valence-electron chi connectivity index (χ0n) is 16.2. The molecule has 2 aromatic rings. The van der Waals surface area contributed by atoms with E-state index >= 15 is 0 Å². The van der Waals surface area contributed by atoms with E-state index in [2.05, 4.69) is 5.32 Å². The van der Waals surface area contributed by atoms with Gasteiger partial charge in [-0.1, -0.05) is 12.1 Å². The van der Waals surface area contributed by atoms with Gasteiger partial charge in [-0.15, -0.1) is 0 Å². The second-order valence-corrected chi connectivity index (χ2v) is 8.61. The first-order chi connectivity index (χ1) is 13.1. The number of carbonyl (C=O) groups excluding carboxylic acids is 2. The number of sulfonamides is 1. The number of nitrogens with zero attached hydrogens (tertiary/aromatic N) is 1. The van der Waals surface area contributed by atoms with E-state index in [-0.39, 0.29) is 18.9 Å². The van der Waals surface area contributed by atoms with Crippen LogP contribution in [0.25, 0.3) is 0 Å². The molecule has 0 saturated heterocycles. The first kappa shape index (κ1) is 21.4. The van der Waals surface area contributed by atoms with E-state index in [1.54, 1.807) is 24.3 Å². The van der Waals surface area contributed by atoms with Crippen molar-refractivity contribution in [2.24, 2.45) is 5.73 Å². The molecule has 0 radical (unpaired) electrons. The Balaban J connectivity index is 2.00. The molecular weight excluding hydrogens is 378 g/mol. The van der Waals surface area contributed by atoms with E-state index in [9.17, 15) is 18.0 Å². The normalized spacial score (nSPS) is 11.1. The third-order valence-electron chi connectivity index (χ3n) is 4.37. The highest BCUT2D eigenvalue weighted by Crippen LogP contribution is 2.22. The number of nitrogens with one attached hydrogen (secondary N) is 1. The molecule has 0 unspecified atom stereocenters. The average Bonchev–Trinajstić information content (AvgIpc) is 2.60. The Labute approximate surface area is 165 Å². The van der Waals surface area contributed by atoms with E-state index in [1.165, 1.54) is 10.4 Å². The van der Waals surface area contributed by atoms with Crippen molar-refractivity contribution in [3.63, 3.8) is 0 Å². The maximum Gasteiger partial charge on any atom is 0.248 e. The maximum atomic E-state index is 12.2. The number of hydrogen-bond acceptors (Lipinski definition) is 4. The van der Waals surface area contributed by atoms with Crippen molar-refractivity contribution < 1.29 is 18.0 Å². The largest absolute Gasteiger partial charge is 0.366 e. The number of rotatable bonds is 8. The van der Waals surface area contributed by atoms with Gasteiger partial charge >= 0.3 is 0 Å². The van der Waals surface area contributed by atoms with E-state index in [4.69, 9.17) is 5.73 Å². The molecule has 0 fully saturated rings. The zero-order chi connectivity index (χ0) is 20.9. The van der Waals surface area contributed by atoms with E-state index in [1.807, 2.05) is 26.0 Å². The summed E-state index contributed by atoms with van der Waals surface area (Å²) >= 11 is 0. The van der Waals surface area contributed by atoms with Gasteiger partial charge in [0.25, 0.3) is 0 Å². The van der Waals surface area contributed by atoms with Crippen LogP contribution in [0.2, 0.25) is 0 Å². The molecule has 7 nitrogen and oxygen atoms in total. The molecule has 150 valence electrons. The summed E-state index contributed by atoms with van der Waals surface area (Å²) < 4.78 is 25.7. The van der Waals surface area contributed by atoms with Gasteiger partial charge in [0.15, 0.2) is 0 Å².